The molecule has 1 nitrogen and oxygen atoms in total. The maximum Gasteiger partial charge on any atom is 0.0714 e. The Bertz CT molecular complexity index is 252. The van der Waals surface area contributed by atoms with Crippen molar-refractivity contribution in [1.29, 1.82) is 0 Å². The quantitative estimate of drug-likeness (QED) is 0.563. The van der Waals surface area contributed by atoms with Crippen LogP contribution in [0.1, 0.15) is 39.0 Å². The molecule has 0 saturated carbocycles. The molecular weight excluding hydrogens is 445 g/mol. The molecule has 0 N–H and O–H groups in total. The molecule has 0 amide bonds. The number of rotatable bonds is 1. The fourth-order valence-corrected chi connectivity index (χ4v) is 0.943. The molecule has 1 radical (unpaired) electrons. The van der Waals surface area contributed by atoms with Crippen LogP contribution >= 0.6 is 0 Å². The molecule has 0 heterocycles. The van der Waals surface area contributed by atoms with E-state index >= 15 is 0 Å². The van der Waals surface area contributed by atoms with Gasteiger partial charge in [-0.3, -0.25) is 16.7 Å². The molecule has 0 unspecified atom stereocenters. The molecule has 93 valence electrons. The molecular formula is C13H24OWY-2. The van der Waals surface area contributed by atoms with Gasteiger partial charge in [-0.15, -0.1) is 12.7 Å². The third-order valence-corrected chi connectivity index (χ3v) is 1.93. The van der Waals surface area contributed by atoms with Crippen molar-refractivity contribution in [3.8, 4) is 5.75 Å². The molecule has 16 heavy (non-hydrogen) atoms. The normalized spacial score (nSPS) is 6.75. The molecule has 0 fully saturated rings. The van der Waals surface area contributed by atoms with E-state index in [1.165, 1.54) is 5.56 Å². The van der Waals surface area contributed by atoms with Crippen molar-refractivity contribution >= 4 is 0 Å². The number of benzene rings is 1. The molecule has 0 aromatic heterocycles. The minimum absolute atomic E-state index is 0. The SMILES string of the molecule is C.C.C.COc1[c-]c(C)c(C)c(C)[c-]1.[W].[Y]. The first-order valence-electron chi connectivity index (χ1n) is 3.61. The molecule has 3 heteroatoms. The van der Waals surface area contributed by atoms with Gasteiger partial charge in [0.1, 0.15) is 0 Å². The largest absolute Gasteiger partial charge is 0.547 e. The summed E-state index contributed by atoms with van der Waals surface area (Å²) in [6.45, 7) is 6.12. The maximum absolute atomic E-state index is 5.02. The standard InChI is InChI=1S/C10H12O.3CH4.W.Y/c1-7-5-10(11-4)6-8(2)9(7)3;;;;;/h1-4H3;3*1H4;;/q-2;;;;;. The summed E-state index contributed by atoms with van der Waals surface area (Å²) in [4.78, 5) is 0. The van der Waals surface area contributed by atoms with E-state index in [4.69, 9.17) is 4.74 Å². The fraction of sp³-hybridized carbons (Fsp3) is 0.538. The smallest absolute Gasteiger partial charge is 0.0714 e. The summed E-state index contributed by atoms with van der Waals surface area (Å²) in [7, 11) is 1.64. The zero-order valence-electron chi connectivity index (χ0n) is 8.39. The predicted molar refractivity (Wildman–Crippen MR) is 65.1 cm³/mol. The van der Waals surface area contributed by atoms with Crippen LogP contribution in [0.3, 0.4) is 0 Å². The topological polar surface area (TPSA) is 9.23 Å². The fourth-order valence-electron chi connectivity index (χ4n) is 0.943. The summed E-state index contributed by atoms with van der Waals surface area (Å²) >= 11 is 0. The summed E-state index contributed by atoms with van der Waals surface area (Å²) in [5, 5.41) is 0. The average Bonchev–Trinajstić information content (AvgIpc) is 1.99. The predicted octanol–water partition coefficient (Wildman–Crippen LogP) is 4.12. The Morgan fingerprint density at radius 2 is 1.19 bits per heavy atom. The van der Waals surface area contributed by atoms with Gasteiger partial charge in [0.15, 0.2) is 0 Å². The molecule has 1 rings (SSSR count). The third-order valence-electron chi connectivity index (χ3n) is 1.93. The number of aryl methyl sites for hydroxylation is 2. The van der Waals surface area contributed by atoms with Crippen LogP contribution in [-0.4, -0.2) is 7.11 Å². The van der Waals surface area contributed by atoms with Gasteiger partial charge in [0.05, 0.1) is 7.11 Å². The van der Waals surface area contributed by atoms with Crippen LogP contribution in [0.15, 0.2) is 0 Å². The van der Waals surface area contributed by atoms with Gasteiger partial charge in [-0.05, 0) is 0 Å². The second kappa shape index (κ2) is 13.9. The number of methoxy groups -OCH3 is 1. The van der Waals surface area contributed by atoms with Crippen LogP contribution in [0.25, 0.3) is 0 Å². The van der Waals surface area contributed by atoms with Crippen molar-refractivity contribution < 1.29 is 58.5 Å². The summed E-state index contributed by atoms with van der Waals surface area (Å²) < 4.78 is 5.02. The average molecular weight is 469 g/mol. The van der Waals surface area contributed by atoms with E-state index in [2.05, 4.69) is 19.1 Å². The number of hydrogen-bond acceptors (Lipinski definition) is 1. The molecule has 0 bridgehead atoms. The third kappa shape index (κ3) is 7.98. The van der Waals surface area contributed by atoms with E-state index in [-0.39, 0.29) is 76.1 Å². The van der Waals surface area contributed by atoms with E-state index in [0.29, 0.717) is 5.75 Å². The van der Waals surface area contributed by atoms with Crippen molar-refractivity contribution in [2.24, 2.45) is 0 Å². The van der Waals surface area contributed by atoms with Crippen LogP contribution in [0.4, 0.5) is 0 Å². The molecule has 0 spiro atoms. The van der Waals surface area contributed by atoms with Gasteiger partial charge >= 0.3 is 0 Å². The Kier molecular flexibility index (Phi) is 26.1. The van der Waals surface area contributed by atoms with Gasteiger partial charge < -0.3 is 16.9 Å². The zero-order chi connectivity index (χ0) is 8.43. The second-order valence-corrected chi connectivity index (χ2v) is 2.66. The van der Waals surface area contributed by atoms with Crippen molar-refractivity contribution in [3.05, 3.63) is 28.8 Å². The molecule has 1 aromatic carbocycles. The van der Waals surface area contributed by atoms with E-state index in [1.807, 2.05) is 13.8 Å². The Morgan fingerprint density at radius 3 is 1.44 bits per heavy atom. The van der Waals surface area contributed by atoms with E-state index < -0.39 is 0 Å². The zero-order valence-corrected chi connectivity index (χ0v) is 14.2. The minimum Gasteiger partial charge on any atom is -0.547 e. The molecule has 0 aliphatic carbocycles. The van der Waals surface area contributed by atoms with Crippen molar-refractivity contribution in [2.75, 3.05) is 7.11 Å². The molecule has 0 saturated heterocycles. The van der Waals surface area contributed by atoms with Gasteiger partial charge in [-0.25, -0.2) is 0 Å². The Morgan fingerprint density at radius 1 is 0.875 bits per heavy atom. The van der Waals surface area contributed by atoms with E-state index in [0.717, 1.165) is 11.1 Å². The van der Waals surface area contributed by atoms with E-state index in [9.17, 15) is 0 Å². The van der Waals surface area contributed by atoms with E-state index in [1.54, 1.807) is 7.11 Å². The van der Waals surface area contributed by atoms with Crippen LogP contribution < -0.4 is 4.74 Å². The minimum atomic E-state index is 0. The van der Waals surface area contributed by atoms with Crippen LogP contribution in [0.2, 0.25) is 0 Å². The maximum atomic E-state index is 5.02. The van der Waals surface area contributed by atoms with Crippen LogP contribution in [0.5, 0.6) is 5.75 Å². The first-order valence-corrected chi connectivity index (χ1v) is 3.61. The molecule has 0 aliphatic rings. The first-order chi connectivity index (χ1) is 5.15. The number of ether oxygens (including phenoxy) is 1. The molecule has 0 aliphatic heterocycles. The summed E-state index contributed by atoms with van der Waals surface area (Å²) in [5.41, 5.74) is 3.52. The second-order valence-electron chi connectivity index (χ2n) is 2.66. The van der Waals surface area contributed by atoms with Crippen molar-refractivity contribution in [3.63, 3.8) is 0 Å². The summed E-state index contributed by atoms with van der Waals surface area (Å²) in [5.74, 6) is 0.700. The Balaban J connectivity index is -0.0000000807. The summed E-state index contributed by atoms with van der Waals surface area (Å²) in [6.07, 6.45) is 0. The molecule has 0 atom stereocenters. The van der Waals surface area contributed by atoms with Gasteiger partial charge in [-0.1, -0.05) is 36.1 Å². The summed E-state index contributed by atoms with van der Waals surface area (Å²) in [6, 6.07) is 6.18. The van der Waals surface area contributed by atoms with Crippen LogP contribution in [0, 0.1) is 32.9 Å². The van der Waals surface area contributed by atoms with Crippen molar-refractivity contribution in [1.82, 2.24) is 0 Å². The molecule has 1 aromatic rings. The first kappa shape index (κ1) is 30.1. The number of hydrogen-bond donors (Lipinski definition) is 0. The van der Waals surface area contributed by atoms with Gasteiger partial charge in [0.25, 0.3) is 0 Å². The van der Waals surface area contributed by atoms with Crippen LogP contribution in [-0.2, 0) is 53.8 Å². The van der Waals surface area contributed by atoms with Gasteiger partial charge in [0.2, 0.25) is 0 Å². The Hall–Kier alpha value is 0.812. The monoisotopic (exact) mass is 469 g/mol. The van der Waals surface area contributed by atoms with Gasteiger partial charge in [-0.2, -0.15) is 0 Å². The van der Waals surface area contributed by atoms with Gasteiger partial charge in [0, 0.05) is 53.8 Å². The van der Waals surface area contributed by atoms with Crippen molar-refractivity contribution in [2.45, 2.75) is 43.1 Å². The Labute approximate surface area is 142 Å².